The van der Waals surface area contributed by atoms with Gasteiger partial charge in [-0.2, -0.15) is 0 Å². The molecule has 1 aromatic carbocycles. The van der Waals surface area contributed by atoms with Crippen LogP contribution < -0.4 is 49.9 Å². The molecule has 0 spiro atoms. The number of carboxylic acid groups (broad SMARTS) is 1. The van der Waals surface area contributed by atoms with E-state index in [-0.39, 0.29) is 51.0 Å². The number of primary amides is 1. The molecule has 0 heterocycles. The van der Waals surface area contributed by atoms with Gasteiger partial charge in [-0.1, -0.05) is 30.3 Å². The van der Waals surface area contributed by atoms with E-state index < -0.39 is 72.3 Å². The van der Waals surface area contributed by atoms with E-state index in [1.807, 2.05) is 0 Å². The molecule has 1 aromatic rings. The molecule has 0 radical (unpaired) electrons. The van der Waals surface area contributed by atoms with E-state index in [1.54, 1.807) is 30.3 Å². The molecule has 0 bridgehead atoms. The van der Waals surface area contributed by atoms with Gasteiger partial charge < -0.3 is 60.1 Å². The molecule has 0 aliphatic rings. The number of benzene rings is 1. The molecule has 0 aromatic heterocycles. The number of aliphatic hydroxyl groups is 1. The number of carboxylic acids is 1. The Hall–Kier alpha value is -4.81. The smallest absolute Gasteiger partial charge is 0.326 e. The monoisotopic (exact) mass is 664 g/mol. The topological polar surface area (TPSA) is 333 Å². The predicted octanol–water partition coefficient (Wildman–Crippen LogP) is -3.98. The SMILES string of the molecule is NCCCC[C@H](NC(=O)[C@H](CO)NC(=O)[C@@H](N)CCC(N)=O)C(=O)N[C@@H](Cc1ccccc1)C(=O)N[C@@H](CCCN=C(N)N)C(=O)O. The molecule has 1 rings (SSSR count). The summed E-state index contributed by atoms with van der Waals surface area (Å²) >= 11 is 0. The predicted molar refractivity (Wildman–Crippen MR) is 172 cm³/mol. The number of unbranched alkanes of at least 4 members (excludes halogenated alkanes) is 1. The fourth-order valence-corrected chi connectivity index (χ4v) is 4.30. The number of hydrogen-bond acceptors (Lipinski definition) is 10. The van der Waals surface area contributed by atoms with Crippen molar-refractivity contribution in [3.8, 4) is 0 Å². The van der Waals surface area contributed by atoms with Gasteiger partial charge in [0, 0.05) is 19.4 Å². The van der Waals surface area contributed by atoms with Crippen LogP contribution in [0.4, 0.5) is 0 Å². The second-order valence-electron chi connectivity index (χ2n) is 10.8. The molecule has 18 heteroatoms. The molecule has 0 aliphatic heterocycles. The van der Waals surface area contributed by atoms with Crippen LogP contribution in [0.25, 0.3) is 0 Å². The zero-order valence-electron chi connectivity index (χ0n) is 26.2. The van der Waals surface area contributed by atoms with Crippen LogP contribution in [-0.2, 0) is 35.2 Å². The highest BCUT2D eigenvalue weighted by atomic mass is 16.4. The molecular weight excluding hydrogens is 616 g/mol. The largest absolute Gasteiger partial charge is 0.480 e. The molecule has 0 aliphatic carbocycles. The van der Waals surface area contributed by atoms with E-state index in [2.05, 4.69) is 26.3 Å². The number of hydrogen-bond donors (Lipinski definition) is 11. The van der Waals surface area contributed by atoms with Crippen molar-refractivity contribution < 1.29 is 39.0 Å². The van der Waals surface area contributed by atoms with Gasteiger partial charge in [0.15, 0.2) is 5.96 Å². The summed E-state index contributed by atoms with van der Waals surface area (Å²) in [5.74, 6) is -5.41. The number of nitrogens with one attached hydrogen (secondary N) is 4. The van der Waals surface area contributed by atoms with Crippen molar-refractivity contribution in [1.82, 2.24) is 21.3 Å². The van der Waals surface area contributed by atoms with Crippen LogP contribution in [0.2, 0.25) is 0 Å². The zero-order valence-corrected chi connectivity index (χ0v) is 26.2. The maximum absolute atomic E-state index is 13.6. The van der Waals surface area contributed by atoms with E-state index in [0.29, 0.717) is 24.9 Å². The summed E-state index contributed by atoms with van der Waals surface area (Å²) in [5, 5.41) is 29.3. The Labute approximate surface area is 272 Å². The third-order valence-electron chi connectivity index (χ3n) is 6.91. The van der Waals surface area contributed by atoms with Crippen molar-refractivity contribution in [1.29, 1.82) is 0 Å². The number of amides is 5. The minimum atomic E-state index is -1.49. The summed E-state index contributed by atoms with van der Waals surface area (Å²) in [5.41, 5.74) is 27.7. The number of guanidine groups is 1. The van der Waals surface area contributed by atoms with Crippen molar-refractivity contribution >= 4 is 41.5 Å². The summed E-state index contributed by atoms with van der Waals surface area (Å²) in [6, 6.07) is 2.19. The summed E-state index contributed by atoms with van der Waals surface area (Å²) in [6.45, 7) is -0.388. The van der Waals surface area contributed by atoms with E-state index in [9.17, 15) is 39.0 Å². The maximum atomic E-state index is 13.6. The van der Waals surface area contributed by atoms with E-state index in [0.717, 1.165) is 0 Å². The summed E-state index contributed by atoms with van der Waals surface area (Å²) in [4.78, 5) is 79.2. The molecule has 0 fully saturated rings. The number of nitrogens with two attached hydrogens (primary N) is 5. The molecule has 18 nitrogen and oxygen atoms in total. The van der Waals surface area contributed by atoms with Crippen molar-refractivity contribution in [3.05, 3.63) is 35.9 Å². The number of aliphatic carboxylic acids is 1. The fourth-order valence-electron chi connectivity index (χ4n) is 4.30. The Morgan fingerprint density at radius 2 is 1.28 bits per heavy atom. The van der Waals surface area contributed by atoms with Crippen LogP contribution in [0, 0.1) is 0 Å². The highest BCUT2D eigenvalue weighted by Crippen LogP contribution is 2.08. The first-order valence-electron chi connectivity index (χ1n) is 15.2. The molecule has 0 saturated heterocycles. The number of carbonyl (C=O) groups excluding carboxylic acids is 5. The third kappa shape index (κ3) is 16.4. The minimum absolute atomic E-state index is 0.00207. The summed E-state index contributed by atoms with van der Waals surface area (Å²) < 4.78 is 0. The Balaban J connectivity index is 3.15. The Bertz CT molecular complexity index is 1210. The first-order valence-corrected chi connectivity index (χ1v) is 15.2. The number of carbonyl (C=O) groups is 6. The van der Waals surface area contributed by atoms with Gasteiger partial charge in [0.05, 0.1) is 12.6 Å². The van der Waals surface area contributed by atoms with Crippen LogP contribution in [-0.4, -0.2) is 102 Å². The van der Waals surface area contributed by atoms with Crippen molar-refractivity contribution in [2.24, 2.45) is 33.7 Å². The Morgan fingerprint density at radius 1 is 0.723 bits per heavy atom. The lowest BCUT2D eigenvalue weighted by Gasteiger charge is -2.26. The lowest BCUT2D eigenvalue weighted by molar-refractivity contribution is -0.142. The summed E-state index contributed by atoms with van der Waals surface area (Å²) in [7, 11) is 0. The zero-order chi connectivity index (χ0) is 35.4. The molecule has 16 N–H and O–H groups in total. The van der Waals surface area contributed by atoms with Crippen molar-refractivity contribution in [3.63, 3.8) is 0 Å². The summed E-state index contributed by atoms with van der Waals surface area (Å²) in [6.07, 6.45) is 0.965. The molecule has 262 valence electrons. The Kier molecular flexibility index (Phi) is 18.7. The van der Waals surface area contributed by atoms with E-state index in [1.165, 1.54) is 0 Å². The van der Waals surface area contributed by atoms with Gasteiger partial charge >= 0.3 is 5.97 Å². The maximum Gasteiger partial charge on any atom is 0.326 e. The highest BCUT2D eigenvalue weighted by molar-refractivity contribution is 5.95. The van der Waals surface area contributed by atoms with Crippen molar-refractivity contribution in [2.45, 2.75) is 81.6 Å². The number of aliphatic imine (C=N–C) groups is 1. The van der Waals surface area contributed by atoms with Gasteiger partial charge in [0.1, 0.15) is 24.2 Å². The van der Waals surface area contributed by atoms with Gasteiger partial charge in [0.2, 0.25) is 29.5 Å². The first-order chi connectivity index (χ1) is 22.3. The van der Waals surface area contributed by atoms with Gasteiger partial charge in [-0.25, -0.2) is 4.79 Å². The Morgan fingerprint density at radius 3 is 1.85 bits per heavy atom. The van der Waals surface area contributed by atoms with Crippen LogP contribution in [0.3, 0.4) is 0 Å². The van der Waals surface area contributed by atoms with Gasteiger partial charge in [-0.05, 0) is 50.6 Å². The van der Waals surface area contributed by atoms with E-state index in [4.69, 9.17) is 28.7 Å². The number of nitrogens with zero attached hydrogens (tertiary/aromatic N) is 1. The average molecular weight is 665 g/mol. The second-order valence-corrected chi connectivity index (χ2v) is 10.8. The quantitative estimate of drug-likeness (QED) is 0.0303. The van der Waals surface area contributed by atoms with Crippen LogP contribution in [0.5, 0.6) is 0 Å². The highest BCUT2D eigenvalue weighted by Gasteiger charge is 2.31. The molecule has 5 amide bonds. The first kappa shape index (κ1) is 40.2. The lowest BCUT2D eigenvalue weighted by Crippen LogP contribution is -2.59. The lowest BCUT2D eigenvalue weighted by atomic mass is 10.0. The van der Waals surface area contributed by atoms with Crippen LogP contribution in [0.15, 0.2) is 35.3 Å². The third-order valence-corrected chi connectivity index (χ3v) is 6.91. The van der Waals surface area contributed by atoms with E-state index >= 15 is 0 Å². The van der Waals surface area contributed by atoms with Gasteiger partial charge in [-0.3, -0.25) is 29.0 Å². The average Bonchev–Trinajstić information content (AvgIpc) is 3.02. The molecule has 0 saturated carbocycles. The van der Waals surface area contributed by atoms with Crippen LogP contribution >= 0.6 is 0 Å². The minimum Gasteiger partial charge on any atom is -0.480 e. The molecule has 5 atom stereocenters. The standard InChI is InChI=1S/C29H48N10O8/c30-13-5-4-9-19(36-27(45)22(16-40)39-24(42)18(31)11-12-23(32)41)25(43)38-21(15-17-7-2-1-3-8-17)26(44)37-20(28(46)47)10-6-14-35-29(33)34/h1-3,7-8,18-22,40H,4-6,9-16,30-31H2,(H2,32,41)(H,36,45)(H,37,44)(H,38,43)(H,39,42)(H,46,47)(H4,33,34,35)/t18-,19-,20-,21-,22-/m0/s1. The number of aliphatic hydroxyl groups excluding tert-OH is 1. The van der Waals surface area contributed by atoms with Gasteiger partial charge in [-0.15, -0.1) is 0 Å². The molecular formula is C29H48N10O8. The van der Waals surface area contributed by atoms with Crippen LogP contribution in [0.1, 0.15) is 50.5 Å². The second kappa shape index (κ2) is 21.8. The number of rotatable bonds is 23. The molecule has 47 heavy (non-hydrogen) atoms. The van der Waals surface area contributed by atoms with Gasteiger partial charge in [0.25, 0.3) is 0 Å². The van der Waals surface area contributed by atoms with Crippen molar-refractivity contribution in [2.75, 3.05) is 19.7 Å². The fraction of sp³-hybridized carbons (Fsp3) is 0.552. The molecule has 0 unspecified atom stereocenters. The normalized spacial score (nSPS) is 13.9.